The average molecular weight is 695 g/mol. The van der Waals surface area contributed by atoms with Gasteiger partial charge >= 0.3 is 0 Å². The van der Waals surface area contributed by atoms with Crippen molar-refractivity contribution in [1.29, 1.82) is 0 Å². The molecule has 0 aliphatic carbocycles. The smallest absolute Gasteiger partial charge is 0.159 e. The number of benzene rings is 6. The molecule has 2 aliphatic rings. The molecule has 0 amide bonds. The minimum atomic E-state index is -0.367. The molecule has 0 spiro atoms. The van der Waals surface area contributed by atoms with Gasteiger partial charge in [0.25, 0.3) is 0 Å². The van der Waals surface area contributed by atoms with Gasteiger partial charge in [0.1, 0.15) is 12.0 Å². The van der Waals surface area contributed by atoms with Crippen LogP contribution in [-0.2, 0) is 6.54 Å². The molecule has 2 aromatic heterocycles. The van der Waals surface area contributed by atoms with E-state index in [0.29, 0.717) is 5.84 Å². The van der Waals surface area contributed by atoms with E-state index in [1.54, 1.807) is 0 Å². The highest BCUT2D eigenvalue weighted by atomic mass is 15.2. The van der Waals surface area contributed by atoms with E-state index in [1.165, 1.54) is 16.3 Å². The van der Waals surface area contributed by atoms with Crippen LogP contribution in [0.2, 0.25) is 0 Å². The first-order chi connectivity index (χ1) is 26.7. The van der Waals surface area contributed by atoms with Crippen LogP contribution < -0.4 is 10.6 Å². The number of aliphatic imine (C=N–C) groups is 2. The Labute approximate surface area is 313 Å². The molecule has 2 aliphatic heterocycles. The number of aromatic nitrogens is 2. The van der Waals surface area contributed by atoms with Crippen LogP contribution in [0.4, 0.5) is 0 Å². The summed E-state index contributed by atoms with van der Waals surface area (Å²) < 4.78 is 0. The monoisotopic (exact) mass is 694 g/mol. The lowest BCUT2D eigenvalue weighted by Crippen LogP contribution is -2.33. The number of pyridine rings is 2. The Kier molecular flexibility index (Phi) is 7.84. The maximum absolute atomic E-state index is 5.23. The quantitative estimate of drug-likeness (QED) is 0.182. The van der Waals surface area contributed by atoms with Crippen LogP contribution in [0.25, 0.3) is 61.4 Å². The summed E-state index contributed by atoms with van der Waals surface area (Å²) >= 11 is 0. The lowest BCUT2D eigenvalue weighted by atomic mass is 9.92. The Morgan fingerprint density at radius 1 is 0.556 bits per heavy atom. The largest absolute Gasteiger partial charge is 0.387 e. The van der Waals surface area contributed by atoms with Gasteiger partial charge < -0.3 is 10.6 Å². The van der Waals surface area contributed by atoms with Crippen LogP contribution in [0.3, 0.4) is 0 Å². The van der Waals surface area contributed by atoms with Gasteiger partial charge in [-0.2, -0.15) is 0 Å². The molecular formula is C48H34N6. The van der Waals surface area contributed by atoms with Crippen molar-refractivity contribution < 1.29 is 0 Å². The standard InChI is InChI=1S/C48H34N6/c1-3-11-34(12-4-1)46-52-47(35-13-5-2-6-14-35)54-48(53-46)40-28-38(27-39(29-40)37-22-19-31-10-7-8-15-36(31)26-37)32-17-20-33(21-18-32)44-41-23-25-49-30-42(41)45-43(51-44)16-9-24-50-45/h1-29,48-49H,30H2,(H,52,53,54). The number of fused-ring (bicyclic) bond motifs is 4. The van der Waals surface area contributed by atoms with Gasteiger partial charge in [0.15, 0.2) is 5.84 Å². The minimum absolute atomic E-state index is 0.367. The second-order valence-electron chi connectivity index (χ2n) is 13.6. The second-order valence-corrected chi connectivity index (χ2v) is 13.6. The minimum Gasteiger partial charge on any atom is -0.387 e. The topological polar surface area (TPSA) is 74.6 Å². The first-order valence-corrected chi connectivity index (χ1v) is 18.2. The lowest BCUT2D eigenvalue weighted by molar-refractivity contribution is 0.674. The highest BCUT2D eigenvalue weighted by molar-refractivity contribution is 6.13. The Balaban J connectivity index is 1.10. The number of nitrogens with zero attached hydrogens (tertiary/aromatic N) is 4. The van der Waals surface area contributed by atoms with Crippen LogP contribution >= 0.6 is 0 Å². The summed E-state index contributed by atoms with van der Waals surface area (Å²) in [5.41, 5.74) is 13.7. The summed E-state index contributed by atoms with van der Waals surface area (Å²) in [5, 5.41) is 9.46. The molecule has 6 nitrogen and oxygen atoms in total. The highest BCUT2D eigenvalue weighted by Crippen LogP contribution is 2.36. The van der Waals surface area contributed by atoms with Crippen LogP contribution in [-0.4, -0.2) is 21.6 Å². The van der Waals surface area contributed by atoms with Gasteiger partial charge in [-0.25, -0.2) is 15.0 Å². The van der Waals surface area contributed by atoms with E-state index in [2.05, 4.69) is 131 Å². The average Bonchev–Trinajstić information content (AvgIpc) is 3.26. The van der Waals surface area contributed by atoms with Gasteiger partial charge in [-0.15, -0.1) is 0 Å². The molecular weight excluding hydrogens is 661 g/mol. The van der Waals surface area contributed by atoms with Crippen LogP contribution in [0.1, 0.15) is 34.0 Å². The number of rotatable bonds is 6. The molecule has 54 heavy (non-hydrogen) atoms. The van der Waals surface area contributed by atoms with E-state index in [0.717, 1.165) is 79.2 Å². The highest BCUT2D eigenvalue weighted by Gasteiger charge is 2.23. The van der Waals surface area contributed by atoms with E-state index in [1.807, 2.05) is 60.9 Å². The third-order valence-corrected chi connectivity index (χ3v) is 10.2. The molecule has 1 atom stereocenters. The van der Waals surface area contributed by atoms with Crippen molar-refractivity contribution in [3.05, 3.63) is 198 Å². The van der Waals surface area contributed by atoms with Crippen LogP contribution in [0.5, 0.6) is 0 Å². The van der Waals surface area contributed by atoms with Gasteiger partial charge in [-0.3, -0.25) is 4.98 Å². The molecule has 0 bridgehead atoms. The molecule has 0 radical (unpaired) electrons. The zero-order chi connectivity index (χ0) is 35.8. The zero-order valence-electron chi connectivity index (χ0n) is 29.3. The van der Waals surface area contributed by atoms with Gasteiger partial charge in [0.05, 0.1) is 16.7 Å². The SMILES string of the molecule is C1=Cc2c(-c3ccc(-c4cc(-c5ccc6ccccc6c5)cc(C5N=C(c6ccccc6)N=C(c6ccccc6)N5)c4)cc3)nc3cccnc3c2CN1. The summed E-state index contributed by atoms with van der Waals surface area (Å²) in [6, 6.07) is 55.2. The molecule has 10 rings (SSSR count). The summed E-state index contributed by atoms with van der Waals surface area (Å²) in [4.78, 5) is 20.0. The number of hydrogen-bond donors (Lipinski definition) is 2. The van der Waals surface area contributed by atoms with E-state index >= 15 is 0 Å². The molecule has 0 saturated heterocycles. The first-order valence-electron chi connectivity index (χ1n) is 18.2. The Hall–Kier alpha value is -7.18. The molecule has 6 heteroatoms. The van der Waals surface area contributed by atoms with E-state index < -0.39 is 0 Å². The van der Waals surface area contributed by atoms with E-state index in [4.69, 9.17) is 15.0 Å². The molecule has 6 aromatic carbocycles. The number of amidine groups is 2. The number of nitrogens with one attached hydrogen (secondary N) is 2. The third kappa shape index (κ3) is 5.90. The summed E-state index contributed by atoms with van der Waals surface area (Å²) in [6.45, 7) is 0.720. The van der Waals surface area contributed by atoms with Crippen molar-refractivity contribution in [2.75, 3.05) is 0 Å². The zero-order valence-corrected chi connectivity index (χ0v) is 29.3. The Morgan fingerprint density at radius 3 is 2.07 bits per heavy atom. The molecule has 256 valence electrons. The Morgan fingerprint density at radius 2 is 1.26 bits per heavy atom. The number of hydrogen-bond acceptors (Lipinski definition) is 6. The van der Waals surface area contributed by atoms with Crippen molar-refractivity contribution in [1.82, 2.24) is 20.6 Å². The molecule has 0 saturated carbocycles. The maximum Gasteiger partial charge on any atom is 0.159 e. The molecule has 2 N–H and O–H groups in total. The first kappa shape index (κ1) is 31.5. The summed E-state index contributed by atoms with van der Waals surface area (Å²) in [7, 11) is 0. The molecule has 1 unspecified atom stereocenters. The molecule has 0 fully saturated rings. The van der Waals surface area contributed by atoms with Crippen molar-refractivity contribution in [2.24, 2.45) is 9.98 Å². The normalized spacial score (nSPS) is 14.9. The summed E-state index contributed by atoms with van der Waals surface area (Å²) in [6.07, 6.45) is 5.57. The van der Waals surface area contributed by atoms with Crippen molar-refractivity contribution in [2.45, 2.75) is 12.7 Å². The fourth-order valence-corrected chi connectivity index (χ4v) is 7.46. The van der Waals surface area contributed by atoms with Gasteiger partial charge in [0.2, 0.25) is 0 Å². The van der Waals surface area contributed by atoms with E-state index in [9.17, 15) is 0 Å². The van der Waals surface area contributed by atoms with Gasteiger partial charge in [-0.05, 0) is 87.3 Å². The third-order valence-electron chi connectivity index (χ3n) is 10.2. The van der Waals surface area contributed by atoms with Crippen molar-refractivity contribution in [3.63, 3.8) is 0 Å². The van der Waals surface area contributed by atoms with Gasteiger partial charge in [-0.1, -0.05) is 121 Å². The predicted molar refractivity (Wildman–Crippen MR) is 221 cm³/mol. The van der Waals surface area contributed by atoms with Gasteiger partial charge in [0, 0.05) is 40.6 Å². The summed E-state index contributed by atoms with van der Waals surface area (Å²) in [5.74, 6) is 1.49. The maximum atomic E-state index is 5.23. The van der Waals surface area contributed by atoms with Crippen LogP contribution in [0.15, 0.2) is 180 Å². The predicted octanol–water partition coefficient (Wildman–Crippen LogP) is 10.4. The molecule has 8 aromatic rings. The van der Waals surface area contributed by atoms with Crippen LogP contribution in [0, 0.1) is 0 Å². The van der Waals surface area contributed by atoms with Crippen molar-refractivity contribution >= 4 is 39.6 Å². The van der Waals surface area contributed by atoms with E-state index in [-0.39, 0.29) is 6.17 Å². The van der Waals surface area contributed by atoms with Crippen molar-refractivity contribution in [3.8, 4) is 33.5 Å². The second kappa shape index (κ2) is 13.4. The Bertz CT molecular complexity index is 2790. The fourth-order valence-electron chi connectivity index (χ4n) is 7.46. The fraction of sp³-hybridized carbons (Fsp3) is 0.0417. The molecule has 4 heterocycles. The lowest BCUT2D eigenvalue weighted by Gasteiger charge is -2.25.